The van der Waals surface area contributed by atoms with Gasteiger partial charge in [-0.2, -0.15) is 13.2 Å². The number of rotatable bonds is 2. The molecule has 0 amide bonds. The van der Waals surface area contributed by atoms with Gasteiger partial charge in [-0.3, -0.25) is 9.97 Å². The van der Waals surface area contributed by atoms with Gasteiger partial charge in [0.05, 0.1) is 22.5 Å². The number of halogens is 3. The van der Waals surface area contributed by atoms with E-state index < -0.39 is 17.7 Å². The number of hydrogen-bond acceptors (Lipinski definition) is 3. The Labute approximate surface area is 118 Å². The summed E-state index contributed by atoms with van der Waals surface area (Å²) >= 11 is 0. The Hall–Kier alpha value is -2.44. The van der Waals surface area contributed by atoms with Gasteiger partial charge in [0.1, 0.15) is 0 Å². The summed E-state index contributed by atoms with van der Waals surface area (Å²) in [5.74, 6) is -1.12. The van der Waals surface area contributed by atoms with Crippen LogP contribution in [0, 0.1) is 13.8 Å². The lowest BCUT2D eigenvalue weighted by atomic mass is 10.0. The molecule has 0 aromatic carbocycles. The maximum absolute atomic E-state index is 12.7. The highest BCUT2D eigenvalue weighted by Gasteiger charge is 2.31. The van der Waals surface area contributed by atoms with E-state index in [-0.39, 0.29) is 22.5 Å². The third-order valence-corrected chi connectivity index (χ3v) is 2.97. The summed E-state index contributed by atoms with van der Waals surface area (Å²) in [6.45, 7) is 3.07. The van der Waals surface area contributed by atoms with Crippen LogP contribution >= 0.6 is 0 Å². The van der Waals surface area contributed by atoms with Gasteiger partial charge in [0.2, 0.25) is 0 Å². The fourth-order valence-electron chi connectivity index (χ4n) is 2.04. The Morgan fingerprint density at radius 2 is 1.86 bits per heavy atom. The number of aromatic carboxylic acids is 1. The molecule has 0 unspecified atom stereocenters. The number of carboxylic acid groups (broad SMARTS) is 1. The van der Waals surface area contributed by atoms with Crippen molar-refractivity contribution in [1.82, 2.24) is 9.97 Å². The van der Waals surface area contributed by atoms with Gasteiger partial charge >= 0.3 is 12.1 Å². The van der Waals surface area contributed by atoms with Gasteiger partial charge in [-0.1, -0.05) is 0 Å². The predicted molar refractivity (Wildman–Crippen MR) is 68.9 cm³/mol. The minimum absolute atomic E-state index is 0.0543. The van der Waals surface area contributed by atoms with Crippen molar-refractivity contribution in [3.8, 4) is 11.3 Å². The molecule has 0 aliphatic heterocycles. The van der Waals surface area contributed by atoms with E-state index >= 15 is 0 Å². The molecule has 0 spiro atoms. The second kappa shape index (κ2) is 5.16. The summed E-state index contributed by atoms with van der Waals surface area (Å²) in [6.07, 6.45) is -2.50. The Morgan fingerprint density at radius 1 is 1.19 bits per heavy atom. The summed E-state index contributed by atoms with van der Waals surface area (Å²) in [7, 11) is 0. The van der Waals surface area contributed by atoms with E-state index in [1.807, 2.05) is 0 Å². The molecule has 0 bridgehead atoms. The predicted octanol–water partition coefficient (Wildman–Crippen LogP) is 3.48. The second-order valence-corrected chi connectivity index (χ2v) is 4.55. The molecule has 0 aliphatic rings. The molecule has 0 fully saturated rings. The molecule has 21 heavy (non-hydrogen) atoms. The van der Waals surface area contributed by atoms with Gasteiger partial charge in [-0.15, -0.1) is 0 Å². The topological polar surface area (TPSA) is 63.1 Å². The zero-order chi connectivity index (χ0) is 15.8. The van der Waals surface area contributed by atoms with Crippen molar-refractivity contribution in [3.05, 3.63) is 46.9 Å². The Bertz CT molecular complexity index is 689. The molecular weight excluding hydrogens is 285 g/mol. The van der Waals surface area contributed by atoms with E-state index in [2.05, 4.69) is 9.97 Å². The molecule has 7 heteroatoms. The first-order valence-electron chi connectivity index (χ1n) is 5.94. The minimum atomic E-state index is -4.49. The van der Waals surface area contributed by atoms with E-state index in [0.717, 1.165) is 12.3 Å². The number of nitrogens with zero attached hydrogens (tertiary/aromatic N) is 2. The zero-order valence-corrected chi connectivity index (χ0v) is 11.2. The third-order valence-electron chi connectivity index (χ3n) is 2.97. The van der Waals surface area contributed by atoms with Crippen molar-refractivity contribution < 1.29 is 23.1 Å². The van der Waals surface area contributed by atoms with Gasteiger partial charge in [-0.25, -0.2) is 4.79 Å². The van der Waals surface area contributed by atoms with Crippen LogP contribution < -0.4 is 0 Å². The number of alkyl halides is 3. The molecule has 0 saturated carbocycles. The van der Waals surface area contributed by atoms with Crippen molar-refractivity contribution in [2.75, 3.05) is 0 Å². The summed E-state index contributed by atoms with van der Waals surface area (Å²) in [5, 5.41) is 9.06. The Balaban J connectivity index is 2.56. The first-order valence-corrected chi connectivity index (χ1v) is 5.94. The van der Waals surface area contributed by atoms with Crippen LogP contribution in [0.15, 0.2) is 24.5 Å². The van der Waals surface area contributed by atoms with Crippen LogP contribution in [-0.4, -0.2) is 21.0 Å². The van der Waals surface area contributed by atoms with Crippen molar-refractivity contribution in [3.63, 3.8) is 0 Å². The second-order valence-electron chi connectivity index (χ2n) is 4.55. The number of hydrogen-bond donors (Lipinski definition) is 1. The lowest BCUT2D eigenvalue weighted by Gasteiger charge is -2.10. The molecule has 2 aromatic rings. The molecule has 0 aliphatic carbocycles. The van der Waals surface area contributed by atoms with Crippen LogP contribution in [0.2, 0.25) is 0 Å². The van der Waals surface area contributed by atoms with Crippen LogP contribution in [-0.2, 0) is 6.18 Å². The van der Waals surface area contributed by atoms with Crippen molar-refractivity contribution in [2.45, 2.75) is 20.0 Å². The smallest absolute Gasteiger partial charge is 0.417 e. The maximum atomic E-state index is 12.7. The van der Waals surface area contributed by atoms with Gasteiger partial charge < -0.3 is 5.11 Å². The zero-order valence-electron chi connectivity index (χ0n) is 11.2. The quantitative estimate of drug-likeness (QED) is 0.921. The van der Waals surface area contributed by atoms with Crippen LogP contribution in [0.4, 0.5) is 13.2 Å². The van der Waals surface area contributed by atoms with Gasteiger partial charge in [0.25, 0.3) is 0 Å². The average Bonchev–Trinajstić information content (AvgIpc) is 2.36. The average molecular weight is 296 g/mol. The van der Waals surface area contributed by atoms with E-state index in [4.69, 9.17) is 5.11 Å². The maximum Gasteiger partial charge on any atom is 0.417 e. The molecule has 2 aromatic heterocycles. The van der Waals surface area contributed by atoms with Crippen molar-refractivity contribution in [1.29, 1.82) is 0 Å². The molecule has 4 nitrogen and oxygen atoms in total. The molecule has 110 valence electrons. The molecule has 0 atom stereocenters. The number of pyridine rings is 2. The molecule has 2 rings (SSSR count). The first kappa shape index (κ1) is 15.0. The fourth-order valence-corrected chi connectivity index (χ4v) is 2.04. The number of carboxylic acids is 1. The Kier molecular flexibility index (Phi) is 3.67. The Morgan fingerprint density at radius 3 is 2.38 bits per heavy atom. The van der Waals surface area contributed by atoms with E-state index in [0.29, 0.717) is 5.56 Å². The highest BCUT2D eigenvalue weighted by atomic mass is 19.4. The van der Waals surface area contributed by atoms with Crippen LogP contribution in [0.25, 0.3) is 11.3 Å². The third kappa shape index (κ3) is 3.01. The number of carbonyl (C=O) groups is 1. The molecule has 0 saturated heterocycles. The SMILES string of the molecule is Cc1cc(-c2cncc(C(F)(F)F)c2)nc(C)c1C(=O)O. The first-order chi connectivity index (χ1) is 9.70. The van der Waals surface area contributed by atoms with Crippen molar-refractivity contribution >= 4 is 5.97 Å². The summed E-state index contributed by atoms with van der Waals surface area (Å²) in [5.41, 5.74) is 0.303. The highest BCUT2D eigenvalue weighted by Crippen LogP contribution is 2.31. The standard InChI is InChI=1S/C14H11F3N2O2/c1-7-3-11(19-8(2)12(7)13(20)21)9-4-10(6-18-5-9)14(15,16)17/h3-6H,1-2H3,(H,20,21). The fraction of sp³-hybridized carbons (Fsp3) is 0.214. The van der Waals surface area contributed by atoms with E-state index in [1.54, 1.807) is 6.92 Å². The van der Waals surface area contributed by atoms with Crippen LogP contribution in [0.1, 0.15) is 27.2 Å². The van der Waals surface area contributed by atoms with Gasteiger partial charge in [0, 0.05) is 18.0 Å². The lowest BCUT2D eigenvalue weighted by molar-refractivity contribution is -0.137. The monoisotopic (exact) mass is 296 g/mol. The number of aryl methyl sites for hydroxylation is 2. The number of aromatic nitrogens is 2. The van der Waals surface area contributed by atoms with E-state index in [9.17, 15) is 18.0 Å². The van der Waals surface area contributed by atoms with Gasteiger partial charge in [-0.05, 0) is 31.5 Å². The van der Waals surface area contributed by atoms with Gasteiger partial charge in [0.15, 0.2) is 0 Å². The molecule has 1 N–H and O–H groups in total. The van der Waals surface area contributed by atoms with Crippen LogP contribution in [0.5, 0.6) is 0 Å². The lowest BCUT2D eigenvalue weighted by Crippen LogP contribution is -2.07. The normalized spacial score (nSPS) is 11.5. The summed E-state index contributed by atoms with van der Waals surface area (Å²) in [6, 6.07) is 2.38. The largest absolute Gasteiger partial charge is 0.478 e. The molecule has 0 radical (unpaired) electrons. The van der Waals surface area contributed by atoms with Crippen LogP contribution in [0.3, 0.4) is 0 Å². The minimum Gasteiger partial charge on any atom is -0.478 e. The summed E-state index contributed by atoms with van der Waals surface area (Å²) in [4.78, 5) is 18.7. The highest BCUT2D eigenvalue weighted by molar-refractivity contribution is 5.91. The molecule has 2 heterocycles. The molecular formula is C14H11F3N2O2. The summed E-state index contributed by atoms with van der Waals surface area (Å²) < 4.78 is 38.0. The van der Waals surface area contributed by atoms with Crippen molar-refractivity contribution in [2.24, 2.45) is 0 Å². The van der Waals surface area contributed by atoms with E-state index in [1.165, 1.54) is 19.2 Å².